The van der Waals surface area contributed by atoms with Gasteiger partial charge in [0, 0.05) is 12.3 Å². The number of ether oxygens (including phenoxy) is 1. The minimum absolute atomic E-state index is 0.111. The molecule has 3 aromatic rings. The zero-order chi connectivity index (χ0) is 13.1. The van der Waals surface area contributed by atoms with Gasteiger partial charge in [-0.05, 0) is 23.7 Å². The molecule has 0 aliphatic carbocycles. The highest BCUT2D eigenvalue weighted by molar-refractivity contribution is 6.28. The molecule has 1 aromatic carbocycles. The van der Waals surface area contributed by atoms with Crippen molar-refractivity contribution in [1.29, 1.82) is 0 Å². The molecule has 7 heteroatoms. The van der Waals surface area contributed by atoms with Gasteiger partial charge in [-0.1, -0.05) is 18.2 Å². The maximum Gasteiger partial charge on any atom is 0.342 e. The van der Waals surface area contributed by atoms with Crippen molar-refractivity contribution in [2.24, 2.45) is 0 Å². The van der Waals surface area contributed by atoms with E-state index in [2.05, 4.69) is 20.1 Å². The number of nitrogens with zero attached hydrogens (tertiary/aromatic N) is 5. The highest BCUT2D eigenvalue weighted by Gasteiger charge is 2.06. The lowest BCUT2D eigenvalue weighted by molar-refractivity contribution is 0.423. The Hall–Kier alpha value is -2.47. The summed E-state index contributed by atoms with van der Waals surface area (Å²) in [7, 11) is 0. The van der Waals surface area contributed by atoms with E-state index in [0.717, 1.165) is 5.69 Å². The van der Waals surface area contributed by atoms with Crippen LogP contribution in [0.5, 0.6) is 11.9 Å². The monoisotopic (exact) mass is 273 g/mol. The third kappa shape index (κ3) is 2.69. The lowest BCUT2D eigenvalue weighted by atomic mass is 10.3. The highest BCUT2D eigenvalue weighted by Crippen LogP contribution is 2.16. The molecule has 0 fully saturated rings. The number of halogens is 1. The largest absolute Gasteiger partial charge is 0.404 e. The molecule has 94 valence electrons. The molecule has 0 spiro atoms. The first-order chi connectivity index (χ1) is 9.31. The van der Waals surface area contributed by atoms with E-state index in [-0.39, 0.29) is 11.3 Å². The van der Waals surface area contributed by atoms with Crippen molar-refractivity contribution in [3.63, 3.8) is 0 Å². The van der Waals surface area contributed by atoms with E-state index in [9.17, 15) is 0 Å². The molecule has 6 nitrogen and oxygen atoms in total. The Bertz CT molecular complexity index is 685. The van der Waals surface area contributed by atoms with Gasteiger partial charge in [0.25, 0.3) is 0 Å². The molecular weight excluding hydrogens is 266 g/mol. The molecule has 2 aromatic heterocycles. The van der Waals surface area contributed by atoms with Crippen molar-refractivity contribution in [2.45, 2.75) is 0 Å². The Morgan fingerprint density at radius 3 is 2.68 bits per heavy atom. The smallest absolute Gasteiger partial charge is 0.342 e. The molecule has 0 atom stereocenters. The van der Waals surface area contributed by atoms with Crippen LogP contribution < -0.4 is 4.74 Å². The normalized spacial score (nSPS) is 10.4. The number of rotatable bonds is 3. The van der Waals surface area contributed by atoms with Crippen molar-refractivity contribution >= 4 is 11.6 Å². The summed E-state index contributed by atoms with van der Waals surface area (Å²) >= 11 is 5.66. The molecule has 0 aliphatic heterocycles. The van der Waals surface area contributed by atoms with Gasteiger partial charge in [-0.2, -0.15) is 9.97 Å². The van der Waals surface area contributed by atoms with Gasteiger partial charge < -0.3 is 4.74 Å². The number of benzene rings is 1. The highest BCUT2D eigenvalue weighted by atomic mass is 35.5. The van der Waals surface area contributed by atoms with Crippen molar-refractivity contribution in [3.8, 4) is 17.6 Å². The molecule has 0 aliphatic rings. The summed E-state index contributed by atoms with van der Waals surface area (Å²) in [5.41, 5.74) is 0.894. The summed E-state index contributed by atoms with van der Waals surface area (Å²) in [6, 6.07) is 11.4. The van der Waals surface area contributed by atoms with Crippen LogP contribution in [0.4, 0.5) is 0 Å². The van der Waals surface area contributed by atoms with Crippen LogP contribution in [0, 0.1) is 0 Å². The lowest BCUT2D eigenvalue weighted by Gasteiger charge is -1.99. The zero-order valence-electron chi connectivity index (χ0n) is 9.64. The Balaban J connectivity index is 1.82. The summed E-state index contributed by atoms with van der Waals surface area (Å²) in [6.07, 6.45) is 3.06. The van der Waals surface area contributed by atoms with E-state index in [4.69, 9.17) is 16.3 Å². The minimum atomic E-state index is 0.111. The second-order valence-corrected chi connectivity index (χ2v) is 3.91. The zero-order valence-corrected chi connectivity index (χ0v) is 10.4. The SMILES string of the molecule is Clc1nccc(Oc2ncn(-c3ccccc3)n2)n1. The molecule has 19 heavy (non-hydrogen) atoms. The molecule has 0 saturated carbocycles. The van der Waals surface area contributed by atoms with Crippen LogP contribution in [0.1, 0.15) is 0 Å². The van der Waals surface area contributed by atoms with E-state index in [1.165, 1.54) is 6.20 Å². The second kappa shape index (κ2) is 5.03. The Morgan fingerprint density at radius 2 is 1.89 bits per heavy atom. The summed E-state index contributed by atoms with van der Waals surface area (Å²) < 4.78 is 6.99. The average Bonchev–Trinajstić information content (AvgIpc) is 2.88. The van der Waals surface area contributed by atoms with Gasteiger partial charge in [-0.15, -0.1) is 5.10 Å². The maximum atomic E-state index is 5.66. The fraction of sp³-hybridized carbons (Fsp3) is 0. The van der Waals surface area contributed by atoms with Crippen molar-refractivity contribution < 1.29 is 4.74 Å². The van der Waals surface area contributed by atoms with Crippen LogP contribution in [0.2, 0.25) is 5.28 Å². The van der Waals surface area contributed by atoms with Crippen LogP contribution in [-0.4, -0.2) is 24.7 Å². The second-order valence-electron chi connectivity index (χ2n) is 3.57. The topological polar surface area (TPSA) is 65.7 Å². The van der Waals surface area contributed by atoms with Gasteiger partial charge >= 0.3 is 6.01 Å². The number of aromatic nitrogens is 5. The molecule has 0 amide bonds. The average molecular weight is 274 g/mol. The van der Waals surface area contributed by atoms with E-state index in [1.54, 1.807) is 17.1 Å². The van der Waals surface area contributed by atoms with Crippen LogP contribution in [-0.2, 0) is 0 Å². The van der Waals surface area contributed by atoms with Gasteiger partial charge in [0.15, 0.2) is 0 Å². The van der Waals surface area contributed by atoms with Gasteiger partial charge in [-0.25, -0.2) is 9.67 Å². The molecule has 2 heterocycles. The first-order valence-electron chi connectivity index (χ1n) is 5.45. The first kappa shape index (κ1) is 11.6. The van der Waals surface area contributed by atoms with Crippen molar-refractivity contribution in [3.05, 3.63) is 54.2 Å². The quantitative estimate of drug-likeness (QED) is 0.686. The summed E-state index contributed by atoms with van der Waals surface area (Å²) in [4.78, 5) is 11.7. The predicted molar refractivity (Wildman–Crippen MR) is 68.5 cm³/mol. The molecule has 0 N–H and O–H groups in total. The number of hydrogen-bond acceptors (Lipinski definition) is 5. The summed E-state index contributed by atoms with van der Waals surface area (Å²) in [6.45, 7) is 0. The molecule has 0 radical (unpaired) electrons. The van der Waals surface area contributed by atoms with Gasteiger partial charge in [-0.3, -0.25) is 0 Å². The molecule has 0 saturated heterocycles. The lowest BCUT2D eigenvalue weighted by Crippen LogP contribution is -1.95. The van der Waals surface area contributed by atoms with E-state index in [0.29, 0.717) is 5.88 Å². The molecule has 0 unspecified atom stereocenters. The fourth-order valence-electron chi connectivity index (χ4n) is 1.47. The van der Waals surface area contributed by atoms with Crippen LogP contribution in [0.15, 0.2) is 48.9 Å². The Kier molecular flexibility index (Phi) is 3.07. The predicted octanol–water partition coefficient (Wildman–Crippen LogP) is 2.50. The number of para-hydroxylation sites is 1. The summed E-state index contributed by atoms with van der Waals surface area (Å²) in [5.74, 6) is 0.297. The third-order valence-electron chi connectivity index (χ3n) is 2.29. The minimum Gasteiger partial charge on any atom is -0.404 e. The molecule has 0 bridgehead atoms. The standard InChI is InChI=1S/C12H8ClN5O/c13-11-14-7-6-10(16-11)19-12-15-8-18(17-12)9-4-2-1-3-5-9/h1-8H. The van der Waals surface area contributed by atoms with Crippen LogP contribution >= 0.6 is 11.6 Å². The van der Waals surface area contributed by atoms with Crippen molar-refractivity contribution in [2.75, 3.05) is 0 Å². The fourth-order valence-corrected chi connectivity index (χ4v) is 1.61. The summed E-state index contributed by atoms with van der Waals surface area (Å²) in [5, 5.41) is 4.30. The molecular formula is C12H8ClN5O. The third-order valence-corrected chi connectivity index (χ3v) is 2.47. The number of hydrogen-bond donors (Lipinski definition) is 0. The van der Waals surface area contributed by atoms with Crippen molar-refractivity contribution in [1.82, 2.24) is 24.7 Å². The van der Waals surface area contributed by atoms with Crippen LogP contribution in [0.3, 0.4) is 0 Å². The Labute approximate surface area is 113 Å². The van der Waals surface area contributed by atoms with Gasteiger partial charge in [0.05, 0.1) is 5.69 Å². The Morgan fingerprint density at radius 1 is 1.05 bits per heavy atom. The maximum absolute atomic E-state index is 5.66. The first-order valence-corrected chi connectivity index (χ1v) is 5.82. The molecule has 3 rings (SSSR count). The van der Waals surface area contributed by atoms with E-state index >= 15 is 0 Å². The van der Waals surface area contributed by atoms with Gasteiger partial charge in [0.1, 0.15) is 6.33 Å². The van der Waals surface area contributed by atoms with E-state index < -0.39 is 0 Å². The van der Waals surface area contributed by atoms with E-state index in [1.807, 2.05) is 30.3 Å². The van der Waals surface area contributed by atoms with Crippen LogP contribution in [0.25, 0.3) is 5.69 Å². The van der Waals surface area contributed by atoms with Gasteiger partial charge in [0.2, 0.25) is 11.2 Å².